The summed E-state index contributed by atoms with van der Waals surface area (Å²) in [5.74, 6) is -0.782. The van der Waals surface area contributed by atoms with Crippen LogP contribution in [0.4, 0.5) is 8.78 Å². The van der Waals surface area contributed by atoms with E-state index in [0.717, 1.165) is 44.5 Å². The van der Waals surface area contributed by atoms with Crippen molar-refractivity contribution < 1.29 is 8.78 Å². The number of nitrogens with zero attached hydrogens (tertiary/aromatic N) is 5. The molecule has 3 aliphatic rings. The number of benzene rings is 1. The Labute approximate surface area is 154 Å². The summed E-state index contributed by atoms with van der Waals surface area (Å²) in [6.07, 6.45) is 3.06. The van der Waals surface area contributed by atoms with E-state index in [-0.39, 0.29) is 21.9 Å². The minimum absolute atomic E-state index is 0.0215. The fourth-order valence-electron chi connectivity index (χ4n) is 3.42. The number of likely N-dealkylation sites (tertiary alicyclic amines) is 1. The molecule has 6 nitrogen and oxygen atoms in total. The molecule has 3 heterocycles. The molecule has 0 aliphatic carbocycles. The molecule has 0 amide bonds. The van der Waals surface area contributed by atoms with Gasteiger partial charge in [-0.3, -0.25) is 0 Å². The van der Waals surface area contributed by atoms with Crippen LogP contribution in [0, 0.1) is 23.0 Å². The zero-order valence-electron chi connectivity index (χ0n) is 13.8. The van der Waals surface area contributed by atoms with E-state index in [1.165, 1.54) is 0 Å². The summed E-state index contributed by atoms with van der Waals surface area (Å²) in [7, 11) is 0. The Hall–Kier alpha value is -2.50. The molecule has 0 spiro atoms. The third kappa shape index (κ3) is 2.73. The third-order valence-electron chi connectivity index (χ3n) is 4.57. The topological polar surface area (TPSA) is 67.0 Å². The van der Waals surface area contributed by atoms with Gasteiger partial charge >= 0.3 is 0 Å². The molecule has 0 atom stereocenters. The average Bonchev–Trinajstić information content (AvgIpc) is 3.09. The van der Waals surface area contributed by atoms with Gasteiger partial charge in [0.15, 0.2) is 0 Å². The number of hydrazine groups is 1. The van der Waals surface area contributed by atoms with Gasteiger partial charge in [-0.1, -0.05) is 11.6 Å². The van der Waals surface area contributed by atoms with E-state index in [4.69, 9.17) is 16.9 Å². The van der Waals surface area contributed by atoms with Crippen molar-refractivity contribution in [1.29, 1.82) is 5.26 Å². The van der Waals surface area contributed by atoms with Crippen molar-refractivity contribution in [3.63, 3.8) is 0 Å². The average molecular weight is 377 g/mol. The fourth-order valence-corrected chi connectivity index (χ4v) is 3.67. The van der Waals surface area contributed by atoms with Gasteiger partial charge in [0, 0.05) is 13.1 Å². The number of fused-ring (bicyclic) bond motifs is 1. The van der Waals surface area contributed by atoms with E-state index in [1.54, 1.807) is 11.1 Å². The molecule has 1 aromatic rings. The Kier molecular flexibility index (Phi) is 4.34. The van der Waals surface area contributed by atoms with Crippen LogP contribution in [0.5, 0.6) is 0 Å². The standard InChI is InChI=1S/C17H15ClF2N6/c18-15-14(13-11(19)6-10(8-21)7-12(13)20)16(25-4-2-1-3-5-25)26-17(24-15)22-9-23-26/h6-7,23H,1-5,9H2. The van der Waals surface area contributed by atoms with Crippen LogP contribution in [0.25, 0.3) is 5.57 Å². The maximum Gasteiger partial charge on any atom is 0.244 e. The molecule has 0 radical (unpaired) electrons. The van der Waals surface area contributed by atoms with Gasteiger partial charge in [-0.25, -0.2) is 24.2 Å². The van der Waals surface area contributed by atoms with Gasteiger partial charge in [-0.2, -0.15) is 10.3 Å². The van der Waals surface area contributed by atoms with Gasteiger partial charge in [0.1, 0.15) is 29.3 Å². The van der Waals surface area contributed by atoms with Crippen LogP contribution < -0.4 is 5.43 Å². The Bertz CT molecular complexity index is 872. The highest BCUT2D eigenvalue weighted by Crippen LogP contribution is 2.35. The molecule has 0 bridgehead atoms. The highest BCUT2D eigenvalue weighted by molar-refractivity contribution is 6.77. The van der Waals surface area contributed by atoms with Gasteiger partial charge in [0.2, 0.25) is 5.96 Å². The number of aliphatic imine (C=N–C) groups is 2. The lowest BCUT2D eigenvalue weighted by atomic mass is 10.0. The number of piperidine rings is 1. The molecule has 1 N–H and O–H groups in total. The first-order chi connectivity index (χ1) is 12.6. The third-order valence-corrected chi connectivity index (χ3v) is 4.84. The molecular weight excluding hydrogens is 362 g/mol. The van der Waals surface area contributed by atoms with Crippen molar-refractivity contribution in [1.82, 2.24) is 15.3 Å². The largest absolute Gasteiger partial charge is 0.356 e. The molecular formula is C17H15ClF2N6. The van der Waals surface area contributed by atoms with Crippen molar-refractivity contribution >= 4 is 28.3 Å². The van der Waals surface area contributed by atoms with Crippen LogP contribution >= 0.6 is 11.6 Å². The van der Waals surface area contributed by atoms with Gasteiger partial charge in [-0.15, -0.1) is 0 Å². The van der Waals surface area contributed by atoms with Gasteiger partial charge in [-0.05, 0) is 31.4 Å². The van der Waals surface area contributed by atoms with Crippen molar-refractivity contribution in [2.24, 2.45) is 9.98 Å². The number of nitriles is 1. The molecule has 0 saturated carbocycles. The molecule has 1 saturated heterocycles. The maximum absolute atomic E-state index is 14.7. The zero-order valence-corrected chi connectivity index (χ0v) is 14.5. The number of hydrogen-bond donors (Lipinski definition) is 1. The highest BCUT2D eigenvalue weighted by atomic mass is 35.5. The fraction of sp³-hybridized carbons (Fsp3) is 0.353. The number of rotatable bonds is 2. The first-order valence-electron chi connectivity index (χ1n) is 8.31. The Morgan fingerprint density at radius 1 is 1.15 bits per heavy atom. The number of guanidine groups is 1. The summed E-state index contributed by atoms with van der Waals surface area (Å²) < 4.78 is 29.4. The lowest BCUT2D eigenvalue weighted by Crippen LogP contribution is -2.47. The second kappa shape index (κ2) is 6.67. The molecule has 0 aromatic heterocycles. The van der Waals surface area contributed by atoms with Crippen LogP contribution in [-0.2, 0) is 0 Å². The number of hydrogen-bond acceptors (Lipinski definition) is 6. The number of halogens is 3. The summed E-state index contributed by atoms with van der Waals surface area (Å²) in [5.41, 5.74) is 2.85. The van der Waals surface area contributed by atoms with Crippen molar-refractivity contribution in [3.05, 3.63) is 40.7 Å². The first kappa shape index (κ1) is 16.9. The molecule has 1 fully saturated rings. The quantitative estimate of drug-likeness (QED) is 0.861. The minimum Gasteiger partial charge on any atom is -0.356 e. The summed E-state index contributed by atoms with van der Waals surface area (Å²) in [5, 5.41) is 10.5. The molecule has 4 rings (SSSR count). The zero-order chi connectivity index (χ0) is 18.3. The van der Waals surface area contributed by atoms with Gasteiger partial charge < -0.3 is 4.90 Å². The van der Waals surface area contributed by atoms with Crippen LogP contribution in [-0.4, -0.2) is 40.8 Å². The lowest BCUT2D eigenvalue weighted by molar-refractivity contribution is 0.209. The van der Waals surface area contributed by atoms with Gasteiger partial charge in [0.05, 0.1) is 22.8 Å². The van der Waals surface area contributed by atoms with E-state index >= 15 is 0 Å². The molecule has 134 valence electrons. The van der Waals surface area contributed by atoms with Crippen LogP contribution in [0.1, 0.15) is 30.4 Å². The Balaban J connectivity index is 1.94. The van der Waals surface area contributed by atoms with E-state index in [1.807, 2.05) is 4.90 Å². The lowest BCUT2D eigenvalue weighted by Gasteiger charge is -2.38. The van der Waals surface area contributed by atoms with Crippen LogP contribution in [0.3, 0.4) is 0 Å². The molecule has 1 aromatic carbocycles. The smallest absolute Gasteiger partial charge is 0.244 e. The van der Waals surface area contributed by atoms with Crippen LogP contribution in [0.2, 0.25) is 0 Å². The summed E-state index contributed by atoms with van der Waals surface area (Å²) in [6.45, 7) is 1.80. The molecule has 26 heavy (non-hydrogen) atoms. The van der Waals surface area contributed by atoms with E-state index in [2.05, 4.69) is 15.4 Å². The maximum atomic E-state index is 14.7. The molecule has 3 aliphatic heterocycles. The van der Waals surface area contributed by atoms with E-state index < -0.39 is 11.6 Å². The molecule has 9 heteroatoms. The second-order valence-electron chi connectivity index (χ2n) is 6.19. The SMILES string of the molecule is N#Cc1cc(F)c(C2=C(N3CCCCC3)N3NCN=C3N=C2Cl)c(F)c1. The normalized spacial score (nSPS) is 19.9. The second-order valence-corrected chi connectivity index (χ2v) is 6.54. The van der Waals surface area contributed by atoms with Gasteiger partial charge in [0.25, 0.3) is 0 Å². The summed E-state index contributed by atoms with van der Waals surface area (Å²) in [6, 6.07) is 3.76. The Morgan fingerprint density at radius 3 is 2.50 bits per heavy atom. The van der Waals surface area contributed by atoms with Crippen LogP contribution in [0.15, 0.2) is 27.9 Å². The minimum atomic E-state index is -0.848. The number of nitrogens with one attached hydrogen (secondary N) is 1. The number of allylic oxidation sites excluding steroid dienone is 1. The van der Waals surface area contributed by atoms with E-state index in [0.29, 0.717) is 18.4 Å². The summed E-state index contributed by atoms with van der Waals surface area (Å²) in [4.78, 5) is 10.4. The van der Waals surface area contributed by atoms with E-state index in [9.17, 15) is 8.78 Å². The Morgan fingerprint density at radius 2 is 1.85 bits per heavy atom. The monoisotopic (exact) mass is 376 g/mol. The predicted octanol–water partition coefficient (Wildman–Crippen LogP) is 2.78. The summed E-state index contributed by atoms with van der Waals surface area (Å²) >= 11 is 6.35. The van der Waals surface area contributed by atoms with Crippen molar-refractivity contribution in [2.45, 2.75) is 19.3 Å². The highest BCUT2D eigenvalue weighted by Gasteiger charge is 2.36. The first-order valence-corrected chi connectivity index (χ1v) is 8.69. The van der Waals surface area contributed by atoms with Crippen molar-refractivity contribution in [3.8, 4) is 6.07 Å². The predicted molar refractivity (Wildman–Crippen MR) is 94.0 cm³/mol. The molecule has 0 unspecified atom stereocenters. The van der Waals surface area contributed by atoms with Crippen molar-refractivity contribution in [2.75, 3.05) is 19.8 Å².